The van der Waals surface area contributed by atoms with Gasteiger partial charge in [-0.2, -0.15) is 0 Å². The van der Waals surface area contributed by atoms with Crippen LogP contribution in [-0.4, -0.2) is 0 Å². The summed E-state index contributed by atoms with van der Waals surface area (Å²) in [6.45, 7) is 13.8. The number of hydrogen-bond acceptors (Lipinski definition) is 0. The van der Waals surface area contributed by atoms with Crippen molar-refractivity contribution in [3.05, 3.63) is 12.2 Å². The molecule has 0 aliphatic heterocycles. The van der Waals surface area contributed by atoms with E-state index >= 15 is 0 Å². The summed E-state index contributed by atoms with van der Waals surface area (Å²) in [5.41, 5.74) is 2.16. The smallest absolute Gasteiger partial charge is 0.0320 e. The SMILES string of the molecule is C=C(CCC)CCC(CC1(C)CCC1)C(C)CC. The van der Waals surface area contributed by atoms with Crippen LogP contribution in [-0.2, 0) is 0 Å². The molecule has 0 saturated heterocycles. The molecule has 0 bridgehead atoms. The Morgan fingerprint density at radius 3 is 2.33 bits per heavy atom. The molecule has 1 aliphatic rings. The van der Waals surface area contributed by atoms with E-state index in [-0.39, 0.29) is 0 Å². The third-order valence-corrected chi connectivity index (χ3v) is 5.24. The standard InChI is InChI=1S/C18H34/c1-6-9-15(3)10-11-17(16(4)7-2)14-18(5)12-8-13-18/h16-17H,3,6-14H2,1-2,4-5H3. The van der Waals surface area contributed by atoms with Crippen molar-refractivity contribution >= 4 is 0 Å². The van der Waals surface area contributed by atoms with Crippen LogP contribution in [0.15, 0.2) is 12.2 Å². The van der Waals surface area contributed by atoms with Gasteiger partial charge in [-0.1, -0.05) is 59.1 Å². The summed E-state index contributed by atoms with van der Waals surface area (Å²) in [6, 6.07) is 0. The van der Waals surface area contributed by atoms with Gasteiger partial charge in [-0.15, -0.1) is 0 Å². The number of rotatable bonds is 9. The predicted molar refractivity (Wildman–Crippen MR) is 82.8 cm³/mol. The Bertz CT molecular complexity index is 247. The van der Waals surface area contributed by atoms with Crippen molar-refractivity contribution in [3.63, 3.8) is 0 Å². The topological polar surface area (TPSA) is 0 Å². The zero-order chi connectivity index (χ0) is 13.6. The molecule has 0 aromatic carbocycles. The van der Waals surface area contributed by atoms with E-state index in [4.69, 9.17) is 0 Å². The van der Waals surface area contributed by atoms with Crippen LogP contribution >= 0.6 is 0 Å². The molecule has 2 atom stereocenters. The molecule has 0 heterocycles. The zero-order valence-corrected chi connectivity index (χ0v) is 13.2. The molecule has 1 aliphatic carbocycles. The van der Waals surface area contributed by atoms with Gasteiger partial charge in [0.2, 0.25) is 0 Å². The highest BCUT2D eigenvalue weighted by atomic mass is 14.4. The van der Waals surface area contributed by atoms with Gasteiger partial charge in [0, 0.05) is 0 Å². The molecule has 1 rings (SSSR count). The fourth-order valence-electron chi connectivity index (χ4n) is 3.41. The summed E-state index contributed by atoms with van der Waals surface area (Å²) in [7, 11) is 0. The maximum Gasteiger partial charge on any atom is -0.0320 e. The molecule has 1 saturated carbocycles. The van der Waals surface area contributed by atoms with Crippen molar-refractivity contribution in [1.29, 1.82) is 0 Å². The Hall–Kier alpha value is -0.260. The minimum Gasteiger partial charge on any atom is -0.0999 e. The van der Waals surface area contributed by atoms with Crippen LogP contribution in [0.5, 0.6) is 0 Å². The lowest BCUT2D eigenvalue weighted by molar-refractivity contribution is 0.0942. The quantitative estimate of drug-likeness (QED) is 0.417. The minimum atomic E-state index is 0.681. The van der Waals surface area contributed by atoms with Crippen molar-refractivity contribution < 1.29 is 0 Å². The fourth-order valence-corrected chi connectivity index (χ4v) is 3.41. The fraction of sp³-hybridized carbons (Fsp3) is 0.889. The first-order valence-electron chi connectivity index (χ1n) is 8.17. The van der Waals surface area contributed by atoms with Crippen LogP contribution in [0.1, 0.15) is 85.5 Å². The predicted octanol–water partition coefficient (Wildman–Crippen LogP) is 6.37. The van der Waals surface area contributed by atoms with E-state index < -0.39 is 0 Å². The molecule has 0 radical (unpaired) electrons. The van der Waals surface area contributed by atoms with E-state index in [0.717, 1.165) is 11.8 Å². The minimum absolute atomic E-state index is 0.681. The van der Waals surface area contributed by atoms with Gasteiger partial charge in [0.1, 0.15) is 0 Å². The monoisotopic (exact) mass is 250 g/mol. The van der Waals surface area contributed by atoms with Gasteiger partial charge < -0.3 is 0 Å². The van der Waals surface area contributed by atoms with Crippen molar-refractivity contribution in [3.8, 4) is 0 Å². The first-order valence-corrected chi connectivity index (χ1v) is 8.17. The number of hydrogen-bond donors (Lipinski definition) is 0. The summed E-state index contributed by atoms with van der Waals surface area (Å²) in [5.74, 6) is 1.81. The Labute approximate surface area is 115 Å². The summed E-state index contributed by atoms with van der Waals surface area (Å²) in [6.07, 6.45) is 12.3. The molecular formula is C18H34. The summed E-state index contributed by atoms with van der Waals surface area (Å²) in [4.78, 5) is 0. The second kappa shape index (κ2) is 7.36. The van der Waals surface area contributed by atoms with E-state index in [1.165, 1.54) is 63.4 Å². The van der Waals surface area contributed by atoms with Crippen LogP contribution in [0.3, 0.4) is 0 Å². The van der Waals surface area contributed by atoms with E-state index in [1.54, 1.807) is 0 Å². The second-order valence-electron chi connectivity index (χ2n) is 7.05. The highest BCUT2D eigenvalue weighted by Gasteiger charge is 2.35. The molecule has 0 spiro atoms. The molecule has 0 nitrogen and oxygen atoms in total. The third kappa shape index (κ3) is 4.78. The van der Waals surface area contributed by atoms with Crippen LogP contribution in [0.25, 0.3) is 0 Å². The summed E-state index contributed by atoms with van der Waals surface area (Å²) >= 11 is 0. The van der Waals surface area contributed by atoms with Crippen molar-refractivity contribution in [2.75, 3.05) is 0 Å². The molecule has 0 amide bonds. The molecule has 0 N–H and O–H groups in total. The third-order valence-electron chi connectivity index (χ3n) is 5.24. The maximum atomic E-state index is 4.23. The van der Waals surface area contributed by atoms with Gasteiger partial charge >= 0.3 is 0 Å². The molecule has 0 aromatic rings. The van der Waals surface area contributed by atoms with E-state index in [2.05, 4.69) is 34.3 Å². The molecule has 106 valence electrons. The normalized spacial score (nSPS) is 21.1. The molecule has 0 aromatic heterocycles. The molecule has 1 fully saturated rings. The van der Waals surface area contributed by atoms with Gasteiger partial charge in [0.05, 0.1) is 0 Å². The van der Waals surface area contributed by atoms with Gasteiger partial charge in [-0.05, 0) is 55.8 Å². The van der Waals surface area contributed by atoms with Crippen molar-refractivity contribution in [1.82, 2.24) is 0 Å². The Balaban J connectivity index is 2.42. The van der Waals surface area contributed by atoms with Crippen LogP contribution < -0.4 is 0 Å². The Morgan fingerprint density at radius 2 is 1.89 bits per heavy atom. The lowest BCUT2D eigenvalue weighted by atomic mass is 9.63. The zero-order valence-electron chi connectivity index (χ0n) is 13.2. The lowest BCUT2D eigenvalue weighted by Gasteiger charge is -2.42. The highest BCUT2D eigenvalue weighted by molar-refractivity contribution is 4.95. The molecule has 0 heteroatoms. The van der Waals surface area contributed by atoms with Crippen LogP contribution in [0.4, 0.5) is 0 Å². The van der Waals surface area contributed by atoms with Gasteiger partial charge in [0.25, 0.3) is 0 Å². The van der Waals surface area contributed by atoms with Crippen molar-refractivity contribution in [2.24, 2.45) is 17.3 Å². The van der Waals surface area contributed by atoms with Crippen LogP contribution in [0.2, 0.25) is 0 Å². The van der Waals surface area contributed by atoms with Crippen LogP contribution in [0, 0.1) is 17.3 Å². The average Bonchev–Trinajstić information content (AvgIpc) is 2.31. The first kappa shape index (κ1) is 15.8. The summed E-state index contributed by atoms with van der Waals surface area (Å²) in [5, 5.41) is 0. The van der Waals surface area contributed by atoms with E-state index in [0.29, 0.717) is 5.41 Å². The Morgan fingerprint density at radius 1 is 1.22 bits per heavy atom. The Kier molecular flexibility index (Phi) is 6.46. The van der Waals surface area contributed by atoms with E-state index in [9.17, 15) is 0 Å². The lowest BCUT2D eigenvalue weighted by Crippen LogP contribution is -2.30. The highest BCUT2D eigenvalue weighted by Crippen LogP contribution is 2.47. The van der Waals surface area contributed by atoms with Crippen molar-refractivity contribution in [2.45, 2.75) is 85.5 Å². The van der Waals surface area contributed by atoms with E-state index in [1.807, 2.05) is 0 Å². The average molecular weight is 250 g/mol. The van der Waals surface area contributed by atoms with Gasteiger partial charge in [-0.25, -0.2) is 0 Å². The molecule has 2 unspecified atom stereocenters. The van der Waals surface area contributed by atoms with Gasteiger partial charge in [0.15, 0.2) is 0 Å². The number of allylic oxidation sites excluding steroid dienone is 1. The first-order chi connectivity index (χ1) is 8.50. The van der Waals surface area contributed by atoms with Gasteiger partial charge in [-0.3, -0.25) is 0 Å². The maximum absolute atomic E-state index is 4.23. The largest absolute Gasteiger partial charge is 0.0999 e. The second-order valence-corrected chi connectivity index (χ2v) is 7.05. The molecular weight excluding hydrogens is 216 g/mol. The molecule has 18 heavy (non-hydrogen) atoms. The summed E-state index contributed by atoms with van der Waals surface area (Å²) < 4.78 is 0.